The molecule has 2 heterocycles. The molecule has 1 saturated heterocycles. The lowest BCUT2D eigenvalue weighted by atomic mass is 9.90. The summed E-state index contributed by atoms with van der Waals surface area (Å²) < 4.78 is 10.7. The molecule has 1 amide bonds. The third-order valence-corrected chi connectivity index (χ3v) is 3.39. The first-order valence-electron chi connectivity index (χ1n) is 6.86. The van der Waals surface area contributed by atoms with Gasteiger partial charge in [-0.15, -0.1) is 5.10 Å². The molecule has 1 aliphatic heterocycles. The molecule has 7 heteroatoms. The van der Waals surface area contributed by atoms with Crippen LogP contribution >= 0.6 is 0 Å². The van der Waals surface area contributed by atoms with Gasteiger partial charge in [-0.05, 0) is 40.5 Å². The molecule has 7 nitrogen and oxygen atoms in total. The molecule has 0 aliphatic carbocycles. The SMILES string of the molecule is C[C@H]1[C@H](c2nnc(N)o2)CCCN1C(=O)OC(C)(C)C. The van der Waals surface area contributed by atoms with E-state index in [0.717, 1.165) is 12.8 Å². The summed E-state index contributed by atoms with van der Waals surface area (Å²) in [6.45, 7) is 8.21. The second-order valence-corrected chi connectivity index (χ2v) is 6.14. The largest absolute Gasteiger partial charge is 0.444 e. The Balaban J connectivity index is 2.10. The summed E-state index contributed by atoms with van der Waals surface area (Å²) in [5, 5.41) is 7.62. The highest BCUT2D eigenvalue weighted by molar-refractivity contribution is 5.68. The van der Waals surface area contributed by atoms with Gasteiger partial charge in [-0.2, -0.15) is 0 Å². The van der Waals surface area contributed by atoms with E-state index in [4.69, 9.17) is 14.9 Å². The van der Waals surface area contributed by atoms with Crippen molar-refractivity contribution in [1.29, 1.82) is 0 Å². The number of piperidine rings is 1. The van der Waals surface area contributed by atoms with Crippen LogP contribution in [0.15, 0.2) is 4.42 Å². The molecule has 0 saturated carbocycles. The van der Waals surface area contributed by atoms with Gasteiger partial charge in [0.15, 0.2) is 0 Å². The van der Waals surface area contributed by atoms with Gasteiger partial charge in [-0.25, -0.2) is 4.79 Å². The number of anilines is 1. The lowest BCUT2D eigenvalue weighted by Gasteiger charge is -2.38. The molecule has 1 fully saturated rings. The zero-order valence-corrected chi connectivity index (χ0v) is 12.4. The van der Waals surface area contributed by atoms with E-state index in [0.29, 0.717) is 12.4 Å². The van der Waals surface area contributed by atoms with Crippen LogP contribution in [0.5, 0.6) is 0 Å². The number of hydrogen-bond donors (Lipinski definition) is 1. The Morgan fingerprint density at radius 1 is 1.45 bits per heavy atom. The summed E-state index contributed by atoms with van der Waals surface area (Å²) in [6, 6.07) is 0.0000384. The molecule has 0 unspecified atom stereocenters. The van der Waals surface area contributed by atoms with E-state index in [2.05, 4.69) is 10.2 Å². The molecule has 1 aromatic heterocycles. The molecule has 0 spiro atoms. The number of carbonyl (C=O) groups is 1. The molecule has 0 radical (unpaired) electrons. The third-order valence-electron chi connectivity index (χ3n) is 3.39. The van der Waals surface area contributed by atoms with Crippen molar-refractivity contribution in [2.45, 2.75) is 58.1 Å². The van der Waals surface area contributed by atoms with Crippen LogP contribution in [0.4, 0.5) is 10.8 Å². The number of likely N-dealkylation sites (tertiary alicyclic amines) is 1. The number of hydrogen-bond acceptors (Lipinski definition) is 6. The summed E-state index contributed by atoms with van der Waals surface area (Å²) >= 11 is 0. The number of rotatable bonds is 1. The van der Waals surface area contributed by atoms with Crippen LogP contribution in [-0.2, 0) is 4.74 Å². The van der Waals surface area contributed by atoms with Gasteiger partial charge in [0.1, 0.15) is 5.60 Å². The Kier molecular flexibility index (Phi) is 3.87. The Morgan fingerprint density at radius 2 is 2.15 bits per heavy atom. The van der Waals surface area contributed by atoms with E-state index in [-0.39, 0.29) is 24.1 Å². The smallest absolute Gasteiger partial charge is 0.410 e. The molecule has 0 aromatic carbocycles. The number of ether oxygens (including phenoxy) is 1. The summed E-state index contributed by atoms with van der Waals surface area (Å²) in [7, 11) is 0. The highest BCUT2D eigenvalue weighted by Crippen LogP contribution is 2.32. The number of carbonyl (C=O) groups excluding carboxylic acids is 1. The Bertz CT molecular complexity index is 480. The molecule has 1 aromatic rings. The third kappa shape index (κ3) is 3.20. The zero-order chi connectivity index (χ0) is 14.9. The maximum Gasteiger partial charge on any atom is 0.410 e. The first kappa shape index (κ1) is 14.6. The van der Waals surface area contributed by atoms with E-state index < -0.39 is 5.60 Å². The average Bonchev–Trinajstić information content (AvgIpc) is 2.73. The highest BCUT2D eigenvalue weighted by Gasteiger charge is 2.36. The van der Waals surface area contributed by atoms with Gasteiger partial charge in [-0.1, -0.05) is 5.10 Å². The molecule has 1 aliphatic rings. The molecule has 112 valence electrons. The summed E-state index contributed by atoms with van der Waals surface area (Å²) in [5.74, 6) is 0.490. The fourth-order valence-corrected chi connectivity index (χ4v) is 2.45. The summed E-state index contributed by atoms with van der Waals surface area (Å²) in [6.07, 6.45) is 1.46. The van der Waals surface area contributed by atoms with Crippen molar-refractivity contribution >= 4 is 12.1 Å². The fraction of sp³-hybridized carbons (Fsp3) is 0.769. The van der Waals surface area contributed by atoms with Gasteiger partial charge < -0.3 is 19.8 Å². The second kappa shape index (κ2) is 5.30. The van der Waals surface area contributed by atoms with Crippen LogP contribution in [0.3, 0.4) is 0 Å². The Labute approximate surface area is 118 Å². The first-order chi connectivity index (χ1) is 9.28. The van der Waals surface area contributed by atoms with Crippen molar-refractivity contribution < 1.29 is 13.9 Å². The van der Waals surface area contributed by atoms with Gasteiger partial charge >= 0.3 is 12.1 Å². The Morgan fingerprint density at radius 3 is 2.70 bits per heavy atom. The number of nitrogens with two attached hydrogens (primary N) is 1. The normalized spacial score (nSPS) is 23.7. The van der Waals surface area contributed by atoms with Gasteiger partial charge in [0, 0.05) is 12.6 Å². The average molecular weight is 282 g/mol. The molecular formula is C13H22N4O3. The van der Waals surface area contributed by atoms with E-state index in [9.17, 15) is 4.79 Å². The maximum atomic E-state index is 12.2. The molecule has 2 atom stereocenters. The minimum Gasteiger partial charge on any atom is -0.444 e. The molecule has 0 bridgehead atoms. The van der Waals surface area contributed by atoms with Crippen LogP contribution in [-0.4, -0.2) is 39.4 Å². The predicted octanol–water partition coefficient (Wildman–Crippen LogP) is 2.15. The van der Waals surface area contributed by atoms with E-state index in [1.165, 1.54) is 0 Å². The summed E-state index contributed by atoms with van der Waals surface area (Å²) in [5.41, 5.74) is 4.96. The van der Waals surface area contributed by atoms with Crippen LogP contribution < -0.4 is 5.73 Å². The van der Waals surface area contributed by atoms with E-state index in [1.54, 1.807) is 4.90 Å². The monoisotopic (exact) mass is 282 g/mol. The fourth-order valence-electron chi connectivity index (χ4n) is 2.45. The number of nitrogen functional groups attached to an aromatic ring is 1. The quantitative estimate of drug-likeness (QED) is 0.848. The molecular weight excluding hydrogens is 260 g/mol. The second-order valence-electron chi connectivity index (χ2n) is 6.14. The van der Waals surface area contributed by atoms with Gasteiger partial charge in [0.05, 0.1) is 5.92 Å². The molecule has 20 heavy (non-hydrogen) atoms. The van der Waals surface area contributed by atoms with Crippen molar-refractivity contribution in [3.63, 3.8) is 0 Å². The first-order valence-corrected chi connectivity index (χ1v) is 6.86. The standard InChI is InChI=1S/C13H22N4O3/c1-8-9(10-15-16-11(14)19-10)6-5-7-17(8)12(18)20-13(2,3)4/h8-9H,5-7H2,1-4H3,(H2,14,16)/t8-,9+/m0/s1. The number of nitrogens with zero attached hydrogens (tertiary/aromatic N) is 3. The van der Waals surface area contributed by atoms with E-state index >= 15 is 0 Å². The number of amides is 1. The Hall–Kier alpha value is -1.79. The minimum absolute atomic E-state index is 0.000989. The van der Waals surface area contributed by atoms with Gasteiger partial charge in [0.2, 0.25) is 5.89 Å². The van der Waals surface area contributed by atoms with Crippen LogP contribution in [0.25, 0.3) is 0 Å². The number of aromatic nitrogens is 2. The van der Waals surface area contributed by atoms with Crippen molar-refractivity contribution in [1.82, 2.24) is 15.1 Å². The van der Waals surface area contributed by atoms with Gasteiger partial charge in [0.25, 0.3) is 0 Å². The van der Waals surface area contributed by atoms with Crippen molar-refractivity contribution in [3.8, 4) is 0 Å². The van der Waals surface area contributed by atoms with Crippen LogP contribution in [0, 0.1) is 0 Å². The van der Waals surface area contributed by atoms with E-state index in [1.807, 2.05) is 27.7 Å². The zero-order valence-electron chi connectivity index (χ0n) is 12.4. The lowest BCUT2D eigenvalue weighted by Crippen LogP contribution is -2.48. The minimum atomic E-state index is -0.501. The summed E-state index contributed by atoms with van der Waals surface area (Å²) in [4.78, 5) is 13.9. The van der Waals surface area contributed by atoms with Crippen LogP contribution in [0.2, 0.25) is 0 Å². The van der Waals surface area contributed by atoms with Crippen molar-refractivity contribution in [2.75, 3.05) is 12.3 Å². The van der Waals surface area contributed by atoms with Crippen molar-refractivity contribution in [2.24, 2.45) is 0 Å². The molecule has 2 rings (SSSR count). The predicted molar refractivity (Wildman–Crippen MR) is 73.1 cm³/mol. The lowest BCUT2D eigenvalue weighted by molar-refractivity contribution is 0.00762. The van der Waals surface area contributed by atoms with Gasteiger partial charge in [-0.3, -0.25) is 0 Å². The highest BCUT2D eigenvalue weighted by atomic mass is 16.6. The van der Waals surface area contributed by atoms with Crippen molar-refractivity contribution in [3.05, 3.63) is 5.89 Å². The molecule has 2 N–H and O–H groups in total. The topological polar surface area (TPSA) is 94.5 Å². The maximum absolute atomic E-state index is 12.2. The van der Waals surface area contributed by atoms with Crippen LogP contribution in [0.1, 0.15) is 52.3 Å².